The molecule has 0 spiro atoms. The van der Waals surface area contributed by atoms with Crippen molar-refractivity contribution in [2.45, 2.75) is 12.6 Å². The molecule has 15 heavy (non-hydrogen) atoms. The maximum Gasteiger partial charge on any atom is 0.324 e. The van der Waals surface area contributed by atoms with Gasteiger partial charge in [-0.25, -0.2) is 0 Å². The molecule has 0 saturated heterocycles. The molecule has 1 rings (SSSR count). The normalized spacial score (nSPS) is 11.3. The largest absolute Gasteiger partial charge is 0.460 e. The van der Waals surface area contributed by atoms with E-state index in [9.17, 15) is 4.79 Å². The quantitative estimate of drug-likeness (QED) is 0.625. The summed E-state index contributed by atoms with van der Waals surface area (Å²) in [5, 5.41) is 0. The van der Waals surface area contributed by atoms with E-state index in [1.54, 1.807) is 0 Å². The van der Waals surface area contributed by atoms with Crippen LogP contribution >= 0.6 is 25.0 Å². The van der Waals surface area contributed by atoms with E-state index in [1.165, 1.54) is 0 Å². The van der Waals surface area contributed by atoms with Gasteiger partial charge in [0.25, 0.3) is 0 Å². The minimum atomic E-state index is -0.637. The number of thiol groups is 1. The molecular weight excluding hydrogens is 234 g/mol. The second kappa shape index (κ2) is 7.56. The Morgan fingerprint density at radius 3 is 2.53 bits per heavy atom. The molecule has 1 atom stereocenters. The minimum absolute atomic E-state index is 0. The van der Waals surface area contributed by atoms with Crippen LogP contribution in [0.2, 0.25) is 0 Å². The highest BCUT2D eigenvalue weighted by Crippen LogP contribution is 2.01. The number of hydrogen-bond donors (Lipinski definition) is 2. The Kier molecular flexibility index (Phi) is 7.21. The van der Waals surface area contributed by atoms with Crippen LogP contribution in [0.4, 0.5) is 0 Å². The summed E-state index contributed by atoms with van der Waals surface area (Å²) in [4.78, 5) is 11.2. The molecule has 1 aromatic carbocycles. The lowest BCUT2D eigenvalue weighted by molar-refractivity contribution is -0.145. The van der Waals surface area contributed by atoms with E-state index in [0.29, 0.717) is 5.75 Å². The van der Waals surface area contributed by atoms with Crippen molar-refractivity contribution in [2.75, 3.05) is 5.75 Å². The monoisotopic (exact) mass is 247 g/mol. The molecule has 0 saturated carbocycles. The molecule has 3 nitrogen and oxygen atoms in total. The summed E-state index contributed by atoms with van der Waals surface area (Å²) in [5.74, 6) is -0.114. The average Bonchev–Trinajstić information content (AvgIpc) is 2.26. The summed E-state index contributed by atoms with van der Waals surface area (Å²) in [6.07, 6.45) is 0. The van der Waals surface area contributed by atoms with E-state index in [1.807, 2.05) is 30.3 Å². The molecule has 0 amide bonds. The van der Waals surface area contributed by atoms with Crippen LogP contribution in [0.3, 0.4) is 0 Å². The van der Waals surface area contributed by atoms with Gasteiger partial charge in [-0.2, -0.15) is 12.6 Å². The summed E-state index contributed by atoms with van der Waals surface area (Å²) in [5.41, 5.74) is 6.38. The topological polar surface area (TPSA) is 52.3 Å². The zero-order valence-corrected chi connectivity index (χ0v) is 9.84. The van der Waals surface area contributed by atoms with E-state index < -0.39 is 12.0 Å². The maximum atomic E-state index is 11.2. The molecule has 5 heteroatoms. The van der Waals surface area contributed by atoms with Gasteiger partial charge in [-0.3, -0.25) is 4.79 Å². The molecule has 0 bridgehead atoms. The summed E-state index contributed by atoms with van der Waals surface area (Å²) in [6.45, 7) is 0.265. The van der Waals surface area contributed by atoms with Gasteiger partial charge in [0.05, 0.1) is 0 Å². The van der Waals surface area contributed by atoms with Crippen LogP contribution in [-0.2, 0) is 16.1 Å². The molecular formula is C10H14ClNO2S. The van der Waals surface area contributed by atoms with Crippen LogP contribution in [-0.4, -0.2) is 17.8 Å². The molecule has 0 heterocycles. The molecule has 0 aliphatic rings. The Morgan fingerprint density at radius 1 is 1.40 bits per heavy atom. The van der Waals surface area contributed by atoms with Crippen molar-refractivity contribution in [3.05, 3.63) is 35.9 Å². The van der Waals surface area contributed by atoms with Gasteiger partial charge in [0.15, 0.2) is 0 Å². The third-order valence-corrected chi connectivity index (χ3v) is 2.12. The number of carbonyl (C=O) groups is 1. The van der Waals surface area contributed by atoms with Crippen LogP contribution in [0.5, 0.6) is 0 Å². The molecule has 0 aromatic heterocycles. The van der Waals surface area contributed by atoms with E-state index in [-0.39, 0.29) is 19.0 Å². The first-order chi connectivity index (χ1) is 6.74. The first-order valence-corrected chi connectivity index (χ1v) is 4.94. The number of rotatable bonds is 4. The standard InChI is InChI=1S/C10H13NO2S.ClH/c11-9(7-14)10(12)13-6-8-4-2-1-3-5-8;/h1-5,9,14H,6-7,11H2;1H/t9-;/m1./s1. The van der Waals surface area contributed by atoms with Crippen molar-refractivity contribution in [3.8, 4) is 0 Å². The third-order valence-electron chi connectivity index (χ3n) is 1.72. The van der Waals surface area contributed by atoms with Crippen LogP contribution in [0.15, 0.2) is 30.3 Å². The van der Waals surface area contributed by atoms with E-state index in [2.05, 4.69) is 12.6 Å². The average molecular weight is 248 g/mol. The maximum absolute atomic E-state index is 11.2. The van der Waals surface area contributed by atoms with E-state index in [4.69, 9.17) is 10.5 Å². The van der Waals surface area contributed by atoms with Crippen molar-refractivity contribution in [3.63, 3.8) is 0 Å². The van der Waals surface area contributed by atoms with E-state index in [0.717, 1.165) is 5.56 Å². The Morgan fingerprint density at radius 2 is 2.00 bits per heavy atom. The van der Waals surface area contributed by atoms with Crippen LogP contribution in [0.25, 0.3) is 0 Å². The highest BCUT2D eigenvalue weighted by molar-refractivity contribution is 7.80. The SMILES string of the molecule is Cl.N[C@H](CS)C(=O)OCc1ccccc1. The first kappa shape index (κ1) is 14.3. The van der Waals surface area contributed by atoms with Gasteiger partial charge >= 0.3 is 5.97 Å². The lowest BCUT2D eigenvalue weighted by Gasteiger charge is -2.08. The van der Waals surface area contributed by atoms with Crippen LogP contribution in [0, 0.1) is 0 Å². The van der Waals surface area contributed by atoms with Gasteiger partial charge in [-0.15, -0.1) is 12.4 Å². The second-order valence-electron chi connectivity index (χ2n) is 2.88. The lowest BCUT2D eigenvalue weighted by Crippen LogP contribution is -2.33. The highest BCUT2D eigenvalue weighted by atomic mass is 35.5. The van der Waals surface area contributed by atoms with E-state index >= 15 is 0 Å². The predicted molar refractivity (Wildman–Crippen MR) is 65.3 cm³/mol. The van der Waals surface area contributed by atoms with Gasteiger partial charge < -0.3 is 10.5 Å². The third kappa shape index (κ3) is 5.06. The smallest absolute Gasteiger partial charge is 0.324 e. The second-order valence-corrected chi connectivity index (χ2v) is 3.25. The Hall–Kier alpha value is -0.710. The fourth-order valence-electron chi connectivity index (χ4n) is 0.910. The molecule has 1 aromatic rings. The zero-order chi connectivity index (χ0) is 10.4. The summed E-state index contributed by atoms with van der Waals surface area (Å²) in [6, 6.07) is 8.83. The predicted octanol–water partition coefficient (Wildman–Crippen LogP) is 1.41. The zero-order valence-electron chi connectivity index (χ0n) is 8.13. The van der Waals surface area contributed by atoms with Crippen molar-refractivity contribution in [2.24, 2.45) is 5.73 Å². The summed E-state index contributed by atoms with van der Waals surface area (Å²) in [7, 11) is 0. The number of nitrogens with two attached hydrogens (primary N) is 1. The lowest BCUT2D eigenvalue weighted by atomic mass is 10.2. The first-order valence-electron chi connectivity index (χ1n) is 4.31. The Bertz CT molecular complexity index is 295. The van der Waals surface area contributed by atoms with Crippen molar-refractivity contribution >= 4 is 31.0 Å². The fourth-order valence-corrected chi connectivity index (χ4v) is 1.06. The van der Waals surface area contributed by atoms with Gasteiger partial charge in [0, 0.05) is 5.75 Å². The molecule has 2 N–H and O–H groups in total. The molecule has 0 aliphatic heterocycles. The number of halogens is 1. The fraction of sp³-hybridized carbons (Fsp3) is 0.300. The van der Waals surface area contributed by atoms with Crippen molar-refractivity contribution in [1.29, 1.82) is 0 Å². The minimum Gasteiger partial charge on any atom is -0.460 e. The number of benzene rings is 1. The Labute approximate surface area is 101 Å². The number of carbonyl (C=O) groups excluding carboxylic acids is 1. The van der Waals surface area contributed by atoms with Gasteiger partial charge in [-0.1, -0.05) is 30.3 Å². The number of hydrogen-bond acceptors (Lipinski definition) is 4. The van der Waals surface area contributed by atoms with Crippen LogP contribution in [0.1, 0.15) is 5.56 Å². The van der Waals surface area contributed by atoms with Gasteiger partial charge in [0.1, 0.15) is 12.6 Å². The Balaban J connectivity index is 0.00000196. The number of ether oxygens (including phenoxy) is 1. The molecule has 0 radical (unpaired) electrons. The van der Waals surface area contributed by atoms with Gasteiger partial charge in [-0.05, 0) is 5.56 Å². The summed E-state index contributed by atoms with van der Waals surface area (Å²) < 4.78 is 4.97. The molecule has 0 fully saturated rings. The van der Waals surface area contributed by atoms with Crippen molar-refractivity contribution < 1.29 is 9.53 Å². The van der Waals surface area contributed by atoms with Crippen molar-refractivity contribution in [1.82, 2.24) is 0 Å². The molecule has 0 unspecified atom stereocenters. The molecule has 0 aliphatic carbocycles. The molecule has 84 valence electrons. The summed E-state index contributed by atoms with van der Waals surface area (Å²) >= 11 is 3.91. The highest BCUT2D eigenvalue weighted by Gasteiger charge is 2.12. The van der Waals surface area contributed by atoms with Crippen LogP contribution < -0.4 is 5.73 Å². The number of esters is 1. The van der Waals surface area contributed by atoms with Gasteiger partial charge in [0.2, 0.25) is 0 Å².